The van der Waals surface area contributed by atoms with Crippen molar-refractivity contribution in [2.24, 2.45) is 0 Å². The van der Waals surface area contributed by atoms with Gasteiger partial charge in [-0.2, -0.15) is 0 Å². The summed E-state index contributed by atoms with van der Waals surface area (Å²) < 4.78 is 37.3. The molecule has 0 aliphatic rings. The number of sulfonamides is 1. The lowest BCUT2D eigenvalue weighted by Gasteiger charge is -2.11. The van der Waals surface area contributed by atoms with E-state index in [1.165, 1.54) is 13.2 Å². The van der Waals surface area contributed by atoms with Crippen LogP contribution in [0.2, 0.25) is 0 Å². The fourth-order valence-electron chi connectivity index (χ4n) is 1.61. The van der Waals surface area contributed by atoms with Gasteiger partial charge in [-0.3, -0.25) is 4.79 Å². The minimum atomic E-state index is -3.69. The van der Waals surface area contributed by atoms with Crippen LogP contribution in [0.15, 0.2) is 27.6 Å². The Morgan fingerprint density at radius 2 is 2.10 bits per heavy atom. The molecule has 1 rings (SSSR count). The van der Waals surface area contributed by atoms with E-state index in [0.29, 0.717) is 17.5 Å². The van der Waals surface area contributed by atoms with Gasteiger partial charge in [0.05, 0.1) is 13.7 Å². The fourth-order valence-corrected chi connectivity index (χ4v) is 3.39. The minimum Gasteiger partial charge on any atom is -0.495 e. The van der Waals surface area contributed by atoms with Crippen LogP contribution in [0, 0.1) is 0 Å². The second-order valence-corrected chi connectivity index (χ2v) is 6.75. The Labute approximate surface area is 133 Å². The molecule has 0 aliphatic carbocycles. The number of hydrogen-bond donors (Lipinski definition) is 1. The number of benzene rings is 1. The molecule has 0 aromatic heterocycles. The Balaban J connectivity index is 2.66. The smallest absolute Gasteiger partial charge is 0.305 e. The van der Waals surface area contributed by atoms with Gasteiger partial charge in [0, 0.05) is 17.4 Å². The van der Waals surface area contributed by atoms with E-state index in [1.54, 1.807) is 19.1 Å². The summed E-state index contributed by atoms with van der Waals surface area (Å²) in [5, 5.41) is 0. The van der Waals surface area contributed by atoms with Crippen molar-refractivity contribution < 1.29 is 22.7 Å². The average Bonchev–Trinajstić information content (AvgIpc) is 2.44. The molecule has 0 fully saturated rings. The predicted octanol–water partition coefficient (Wildman–Crippen LogP) is 2.08. The number of esters is 1. The van der Waals surface area contributed by atoms with Crippen molar-refractivity contribution >= 4 is 31.9 Å². The summed E-state index contributed by atoms with van der Waals surface area (Å²) in [6.45, 7) is 2.19. The number of carbonyl (C=O) groups excluding carboxylic acids is 1. The van der Waals surface area contributed by atoms with Crippen LogP contribution in [-0.4, -0.2) is 34.6 Å². The van der Waals surface area contributed by atoms with Gasteiger partial charge >= 0.3 is 5.97 Å². The number of hydrogen-bond acceptors (Lipinski definition) is 5. The first-order valence-corrected chi connectivity index (χ1v) is 8.67. The number of halogens is 1. The molecule has 0 bridgehead atoms. The third kappa shape index (κ3) is 5.64. The van der Waals surface area contributed by atoms with Crippen LogP contribution in [0.1, 0.15) is 19.8 Å². The maximum Gasteiger partial charge on any atom is 0.305 e. The van der Waals surface area contributed by atoms with Crippen molar-refractivity contribution in [1.29, 1.82) is 0 Å². The van der Waals surface area contributed by atoms with Gasteiger partial charge in [0.15, 0.2) is 0 Å². The van der Waals surface area contributed by atoms with Crippen LogP contribution in [-0.2, 0) is 19.6 Å². The van der Waals surface area contributed by atoms with Gasteiger partial charge in [-0.25, -0.2) is 13.1 Å². The Hall–Kier alpha value is -1.12. The zero-order valence-corrected chi connectivity index (χ0v) is 14.3. The van der Waals surface area contributed by atoms with Crippen molar-refractivity contribution in [3.63, 3.8) is 0 Å². The zero-order chi connectivity index (χ0) is 15.9. The van der Waals surface area contributed by atoms with Crippen molar-refractivity contribution in [2.75, 3.05) is 20.3 Å². The molecule has 8 heteroatoms. The van der Waals surface area contributed by atoms with E-state index in [4.69, 9.17) is 9.47 Å². The topological polar surface area (TPSA) is 81.7 Å². The monoisotopic (exact) mass is 379 g/mol. The highest BCUT2D eigenvalue weighted by atomic mass is 79.9. The molecule has 0 saturated heterocycles. The second-order valence-electron chi connectivity index (χ2n) is 4.10. The number of methoxy groups -OCH3 is 1. The van der Waals surface area contributed by atoms with E-state index in [2.05, 4.69) is 20.7 Å². The maximum atomic E-state index is 12.2. The fraction of sp³-hybridized carbons (Fsp3) is 0.462. The lowest BCUT2D eigenvalue weighted by Crippen LogP contribution is -2.25. The molecule has 1 N–H and O–H groups in total. The van der Waals surface area contributed by atoms with Crippen molar-refractivity contribution in [1.82, 2.24) is 4.72 Å². The van der Waals surface area contributed by atoms with Crippen LogP contribution in [0.5, 0.6) is 5.75 Å². The average molecular weight is 380 g/mol. The number of ether oxygens (including phenoxy) is 2. The van der Waals surface area contributed by atoms with Gasteiger partial charge in [-0.1, -0.05) is 15.9 Å². The minimum absolute atomic E-state index is 0.0514. The third-order valence-corrected chi connectivity index (χ3v) is 4.55. The molecular weight excluding hydrogens is 362 g/mol. The Bertz CT molecular complexity index is 588. The standard InChI is InChI=1S/C13H18BrNO5S/c1-3-20-13(16)5-4-8-15-21(17,18)12-9-10(14)6-7-11(12)19-2/h6-7,9,15H,3-5,8H2,1-2H3. The quantitative estimate of drug-likeness (QED) is 0.552. The first-order chi connectivity index (χ1) is 9.90. The molecule has 118 valence electrons. The summed E-state index contributed by atoms with van der Waals surface area (Å²) in [6, 6.07) is 4.72. The van der Waals surface area contributed by atoms with Gasteiger partial charge in [-0.15, -0.1) is 0 Å². The van der Waals surface area contributed by atoms with Gasteiger partial charge in [-0.05, 0) is 31.5 Å². The molecule has 0 aliphatic heterocycles. The SMILES string of the molecule is CCOC(=O)CCCNS(=O)(=O)c1cc(Br)ccc1OC. The molecule has 21 heavy (non-hydrogen) atoms. The molecular formula is C13H18BrNO5S. The summed E-state index contributed by atoms with van der Waals surface area (Å²) in [6.07, 6.45) is 0.542. The summed E-state index contributed by atoms with van der Waals surface area (Å²) in [5.41, 5.74) is 0. The normalized spacial score (nSPS) is 11.2. The van der Waals surface area contributed by atoms with Gasteiger partial charge in [0.25, 0.3) is 0 Å². The number of carbonyl (C=O) groups is 1. The number of rotatable bonds is 8. The first kappa shape index (κ1) is 17.9. The molecule has 6 nitrogen and oxygen atoms in total. The maximum absolute atomic E-state index is 12.2. The molecule has 0 atom stereocenters. The van der Waals surface area contributed by atoms with E-state index < -0.39 is 10.0 Å². The third-order valence-electron chi connectivity index (χ3n) is 2.57. The zero-order valence-electron chi connectivity index (χ0n) is 11.9. The molecule has 1 aromatic carbocycles. The molecule has 0 radical (unpaired) electrons. The number of nitrogens with one attached hydrogen (secondary N) is 1. The Morgan fingerprint density at radius 3 is 2.71 bits per heavy atom. The van der Waals surface area contributed by atoms with Gasteiger partial charge in [0.2, 0.25) is 10.0 Å². The summed E-state index contributed by atoms with van der Waals surface area (Å²) >= 11 is 3.23. The van der Waals surface area contributed by atoms with Crippen molar-refractivity contribution in [2.45, 2.75) is 24.7 Å². The van der Waals surface area contributed by atoms with Crippen molar-refractivity contribution in [3.05, 3.63) is 22.7 Å². The largest absolute Gasteiger partial charge is 0.495 e. The lowest BCUT2D eigenvalue weighted by molar-refractivity contribution is -0.143. The highest BCUT2D eigenvalue weighted by Gasteiger charge is 2.19. The van der Waals surface area contributed by atoms with Crippen LogP contribution >= 0.6 is 15.9 Å². The Kier molecular flexibility index (Phi) is 7.13. The van der Waals surface area contributed by atoms with Crippen LogP contribution in [0.4, 0.5) is 0 Å². The van der Waals surface area contributed by atoms with Gasteiger partial charge in [0.1, 0.15) is 10.6 Å². The highest BCUT2D eigenvalue weighted by molar-refractivity contribution is 9.10. The predicted molar refractivity (Wildman–Crippen MR) is 81.7 cm³/mol. The van der Waals surface area contributed by atoms with Crippen LogP contribution in [0.3, 0.4) is 0 Å². The molecule has 0 unspecified atom stereocenters. The van der Waals surface area contributed by atoms with Gasteiger partial charge < -0.3 is 9.47 Å². The van der Waals surface area contributed by atoms with Crippen LogP contribution < -0.4 is 9.46 Å². The lowest BCUT2D eigenvalue weighted by atomic mass is 10.3. The molecule has 0 heterocycles. The van der Waals surface area contributed by atoms with E-state index in [0.717, 1.165) is 0 Å². The summed E-state index contributed by atoms with van der Waals surface area (Å²) in [7, 11) is -2.29. The first-order valence-electron chi connectivity index (χ1n) is 6.39. The van der Waals surface area contributed by atoms with E-state index in [-0.39, 0.29) is 29.6 Å². The molecule has 1 aromatic rings. The summed E-state index contributed by atoms with van der Waals surface area (Å²) in [5.74, 6) is -0.0761. The Morgan fingerprint density at radius 1 is 1.38 bits per heavy atom. The highest BCUT2D eigenvalue weighted by Crippen LogP contribution is 2.26. The van der Waals surface area contributed by atoms with Crippen molar-refractivity contribution in [3.8, 4) is 5.75 Å². The van der Waals surface area contributed by atoms with E-state index >= 15 is 0 Å². The molecule has 0 spiro atoms. The molecule has 0 saturated carbocycles. The van der Waals surface area contributed by atoms with Crippen LogP contribution in [0.25, 0.3) is 0 Å². The second kappa shape index (κ2) is 8.35. The van der Waals surface area contributed by atoms with E-state index in [9.17, 15) is 13.2 Å². The molecule has 0 amide bonds. The summed E-state index contributed by atoms with van der Waals surface area (Å²) in [4.78, 5) is 11.2. The van der Waals surface area contributed by atoms with E-state index in [1.807, 2.05) is 0 Å².